The van der Waals surface area contributed by atoms with Crippen molar-refractivity contribution in [2.75, 3.05) is 26.9 Å². The number of methoxy groups -OCH3 is 1. The fraction of sp³-hybridized carbons (Fsp3) is 0.316. The number of carbonyl (C=O) groups excluding carboxylic acids is 1. The highest BCUT2D eigenvalue weighted by atomic mass is 19.2. The van der Waals surface area contributed by atoms with E-state index in [1.54, 1.807) is 7.11 Å². The molecule has 8 heteroatoms. The summed E-state index contributed by atoms with van der Waals surface area (Å²) in [6, 6.07) is 8.37. The number of carbonyl (C=O) groups is 1. The van der Waals surface area contributed by atoms with E-state index in [0.717, 1.165) is 17.7 Å². The fourth-order valence-electron chi connectivity index (χ4n) is 2.78. The molecule has 0 saturated carbocycles. The van der Waals surface area contributed by atoms with Crippen LogP contribution in [0.3, 0.4) is 0 Å². The van der Waals surface area contributed by atoms with Crippen molar-refractivity contribution in [3.05, 3.63) is 53.6 Å². The van der Waals surface area contributed by atoms with E-state index in [9.17, 15) is 13.6 Å². The Morgan fingerprint density at radius 2 is 2.11 bits per heavy atom. The number of amides is 2. The zero-order valence-corrected chi connectivity index (χ0v) is 14.8. The van der Waals surface area contributed by atoms with Crippen LogP contribution in [0.15, 0.2) is 36.4 Å². The number of hydrogen-bond acceptors (Lipinski definition) is 4. The van der Waals surface area contributed by atoms with Crippen LogP contribution in [0.25, 0.3) is 0 Å². The summed E-state index contributed by atoms with van der Waals surface area (Å²) < 4.78 is 42.1. The highest BCUT2D eigenvalue weighted by molar-refractivity contribution is 5.74. The van der Waals surface area contributed by atoms with Gasteiger partial charge < -0.3 is 24.8 Å². The lowest BCUT2D eigenvalue weighted by molar-refractivity contribution is 0.208. The first-order valence-corrected chi connectivity index (χ1v) is 8.47. The van der Waals surface area contributed by atoms with Crippen molar-refractivity contribution >= 4 is 6.03 Å². The molecule has 0 saturated heterocycles. The van der Waals surface area contributed by atoms with Gasteiger partial charge in [-0.3, -0.25) is 0 Å². The predicted octanol–water partition coefficient (Wildman–Crippen LogP) is 2.66. The number of para-hydroxylation sites is 1. The molecule has 0 unspecified atom stereocenters. The molecule has 6 nitrogen and oxygen atoms in total. The lowest BCUT2D eigenvalue weighted by atomic mass is 10.0. The lowest BCUT2D eigenvalue weighted by Gasteiger charge is -2.27. The molecule has 144 valence electrons. The van der Waals surface area contributed by atoms with E-state index in [-0.39, 0.29) is 31.0 Å². The van der Waals surface area contributed by atoms with E-state index in [1.165, 1.54) is 6.07 Å². The van der Waals surface area contributed by atoms with Crippen LogP contribution in [0, 0.1) is 11.6 Å². The number of rotatable bonds is 6. The monoisotopic (exact) mass is 378 g/mol. The predicted molar refractivity (Wildman–Crippen MR) is 94.4 cm³/mol. The van der Waals surface area contributed by atoms with E-state index < -0.39 is 11.6 Å². The highest BCUT2D eigenvalue weighted by Crippen LogP contribution is 2.34. The molecular weight excluding hydrogens is 358 g/mol. The van der Waals surface area contributed by atoms with Crippen molar-refractivity contribution in [1.82, 2.24) is 10.6 Å². The molecular formula is C19H20F2N2O4. The largest absolute Gasteiger partial charge is 0.493 e. The summed E-state index contributed by atoms with van der Waals surface area (Å²) in [4.78, 5) is 12.0. The van der Waals surface area contributed by atoms with Gasteiger partial charge in [-0.15, -0.1) is 0 Å². The summed E-state index contributed by atoms with van der Waals surface area (Å²) >= 11 is 0. The van der Waals surface area contributed by atoms with E-state index in [0.29, 0.717) is 24.5 Å². The molecule has 0 aliphatic carbocycles. The Bertz CT molecular complexity index is 816. The molecule has 2 N–H and O–H groups in total. The quantitative estimate of drug-likeness (QED) is 0.759. The first kappa shape index (κ1) is 18.8. The minimum Gasteiger partial charge on any atom is -0.493 e. The van der Waals surface area contributed by atoms with Crippen LogP contribution in [0.4, 0.5) is 13.6 Å². The summed E-state index contributed by atoms with van der Waals surface area (Å²) in [5.74, 6) is -0.341. The van der Waals surface area contributed by atoms with Crippen LogP contribution in [0.5, 0.6) is 17.2 Å². The van der Waals surface area contributed by atoms with Crippen LogP contribution < -0.4 is 24.8 Å². The second kappa shape index (κ2) is 8.57. The Balaban J connectivity index is 1.41. The van der Waals surface area contributed by atoms with Crippen LogP contribution in [0.1, 0.15) is 5.56 Å². The summed E-state index contributed by atoms with van der Waals surface area (Å²) in [6.07, 6.45) is 0.630. The van der Waals surface area contributed by atoms with E-state index in [1.807, 2.05) is 18.2 Å². The van der Waals surface area contributed by atoms with Gasteiger partial charge >= 0.3 is 6.03 Å². The van der Waals surface area contributed by atoms with Gasteiger partial charge in [-0.1, -0.05) is 12.1 Å². The molecule has 2 aromatic carbocycles. The first-order valence-electron chi connectivity index (χ1n) is 8.47. The molecule has 0 radical (unpaired) electrons. The molecule has 1 heterocycles. The van der Waals surface area contributed by atoms with Crippen LogP contribution in [-0.4, -0.2) is 38.9 Å². The number of halogens is 2. The van der Waals surface area contributed by atoms with Gasteiger partial charge in [-0.25, -0.2) is 13.6 Å². The number of nitrogens with one attached hydrogen (secondary N) is 2. The minimum absolute atomic E-state index is 0.125. The standard InChI is InChI=1S/C19H20F2N2O4/c1-25-17-4-2-3-12-9-13(11-27-18(12)17)23-19(24)22-7-8-26-14-5-6-15(20)16(21)10-14/h2-6,10,13H,7-9,11H2,1H3,(H2,22,23,24)/t13-/m0/s1. The van der Waals surface area contributed by atoms with E-state index in [4.69, 9.17) is 14.2 Å². The lowest BCUT2D eigenvalue weighted by Crippen LogP contribution is -2.48. The highest BCUT2D eigenvalue weighted by Gasteiger charge is 2.23. The number of fused-ring (bicyclic) bond motifs is 1. The number of ether oxygens (including phenoxy) is 3. The minimum atomic E-state index is -0.979. The van der Waals surface area contributed by atoms with Crippen molar-refractivity contribution in [3.8, 4) is 17.2 Å². The van der Waals surface area contributed by atoms with E-state index >= 15 is 0 Å². The van der Waals surface area contributed by atoms with Crippen LogP contribution in [-0.2, 0) is 6.42 Å². The average Bonchev–Trinajstić information content (AvgIpc) is 2.67. The molecule has 3 rings (SSSR count). The second-order valence-electron chi connectivity index (χ2n) is 5.99. The van der Waals surface area contributed by atoms with Gasteiger partial charge in [-0.2, -0.15) is 0 Å². The third-order valence-electron chi connectivity index (χ3n) is 4.06. The van der Waals surface area contributed by atoms with Gasteiger partial charge in [0.05, 0.1) is 19.7 Å². The Morgan fingerprint density at radius 3 is 2.89 bits per heavy atom. The third-order valence-corrected chi connectivity index (χ3v) is 4.06. The van der Waals surface area contributed by atoms with Crippen LogP contribution in [0.2, 0.25) is 0 Å². The van der Waals surface area contributed by atoms with Gasteiger partial charge in [0, 0.05) is 11.6 Å². The molecule has 0 bridgehead atoms. The van der Waals surface area contributed by atoms with Crippen molar-refractivity contribution in [3.63, 3.8) is 0 Å². The van der Waals surface area contributed by atoms with Gasteiger partial charge in [0.15, 0.2) is 23.1 Å². The third kappa shape index (κ3) is 4.78. The maximum absolute atomic E-state index is 13.1. The first-order chi connectivity index (χ1) is 13.1. The second-order valence-corrected chi connectivity index (χ2v) is 5.99. The molecule has 0 spiro atoms. The Morgan fingerprint density at radius 1 is 1.26 bits per heavy atom. The molecule has 1 aliphatic rings. The van der Waals surface area contributed by atoms with Gasteiger partial charge in [-0.05, 0) is 24.6 Å². The summed E-state index contributed by atoms with van der Waals surface area (Å²) in [5, 5.41) is 5.48. The average molecular weight is 378 g/mol. The van der Waals surface area contributed by atoms with Crippen molar-refractivity contribution in [1.29, 1.82) is 0 Å². The maximum atomic E-state index is 13.1. The van der Waals surface area contributed by atoms with Crippen molar-refractivity contribution in [2.45, 2.75) is 12.5 Å². The summed E-state index contributed by atoms with van der Waals surface area (Å²) in [6.45, 7) is 0.675. The number of hydrogen-bond donors (Lipinski definition) is 2. The zero-order chi connectivity index (χ0) is 19.2. The molecule has 2 amide bonds. The molecule has 0 fully saturated rings. The van der Waals surface area contributed by atoms with E-state index in [2.05, 4.69) is 10.6 Å². The number of urea groups is 1. The Hall–Kier alpha value is -3.03. The SMILES string of the molecule is COc1cccc2c1OC[C@@H](NC(=O)NCCOc1ccc(F)c(F)c1)C2. The normalized spacial score (nSPS) is 15.3. The molecule has 1 atom stereocenters. The van der Waals surface area contributed by atoms with Crippen molar-refractivity contribution in [2.24, 2.45) is 0 Å². The Kier molecular flexibility index (Phi) is 5.95. The maximum Gasteiger partial charge on any atom is 0.315 e. The van der Waals surface area contributed by atoms with Gasteiger partial charge in [0.25, 0.3) is 0 Å². The van der Waals surface area contributed by atoms with Gasteiger partial charge in [0.2, 0.25) is 0 Å². The van der Waals surface area contributed by atoms with Crippen molar-refractivity contribution < 1.29 is 27.8 Å². The molecule has 27 heavy (non-hydrogen) atoms. The zero-order valence-electron chi connectivity index (χ0n) is 14.8. The van der Waals surface area contributed by atoms with Crippen LogP contribution >= 0.6 is 0 Å². The molecule has 1 aliphatic heterocycles. The van der Waals surface area contributed by atoms with Gasteiger partial charge in [0.1, 0.15) is 19.0 Å². The Labute approximate surface area is 155 Å². The smallest absolute Gasteiger partial charge is 0.315 e. The molecule has 2 aromatic rings. The topological polar surface area (TPSA) is 68.8 Å². The molecule has 0 aromatic heterocycles. The fourth-order valence-corrected chi connectivity index (χ4v) is 2.78. The summed E-state index contributed by atoms with van der Waals surface area (Å²) in [5.41, 5.74) is 0.965. The summed E-state index contributed by atoms with van der Waals surface area (Å²) in [7, 11) is 1.58. The number of benzene rings is 2.